The highest BCUT2D eigenvalue weighted by atomic mass is 32.2. The fourth-order valence-corrected chi connectivity index (χ4v) is 3.56. The van der Waals surface area contributed by atoms with Gasteiger partial charge in [-0.05, 0) is 63.1 Å². The van der Waals surface area contributed by atoms with Gasteiger partial charge in [0.15, 0.2) is 0 Å². The van der Waals surface area contributed by atoms with Gasteiger partial charge < -0.3 is 0 Å². The second kappa shape index (κ2) is 12.2. The first-order valence-electron chi connectivity index (χ1n) is 10.1. The predicted octanol–water partition coefficient (Wildman–Crippen LogP) is 3.32. The van der Waals surface area contributed by atoms with Crippen LogP contribution in [-0.4, -0.2) is 33.7 Å². The van der Waals surface area contributed by atoms with E-state index < -0.39 is 10.5 Å². The zero-order valence-corrected chi connectivity index (χ0v) is 19.6. The molecule has 9 heteroatoms. The van der Waals surface area contributed by atoms with Gasteiger partial charge in [-0.15, -0.1) is 11.8 Å². The lowest BCUT2D eigenvalue weighted by Crippen LogP contribution is -2.33. The summed E-state index contributed by atoms with van der Waals surface area (Å²) in [5.74, 6) is -0.658. The summed E-state index contributed by atoms with van der Waals surface area (Å²) in [6, 6.07) is 17.9. The lowest BCUT2D eigenvalue weighted by molar-refractivity contribution is -0.120. The van der Waals surface area contributed by atoms with E-state index in [-0.39, 0.29) is 11.8 Å². The SMILES string of the molecule is CC(=NNC(=O)C(C)SC(C)C(=O)N/N=C(/C)c1ccc(C#N)cc1)c1ccc(C#N)cc1. The molecule has 168 valence electrons. The molecule has 0 spiro atoms. The van der Waals surface area contributed by atoms with Gasteiger partial charge in [-0.1, -0.05) is 24.3 Å². The van der Waals surface area contributed by atoms with E-state index in [1.807, 2.05) is 12.1 Å². The fourth-order valence-electron chi connectivity index (χ4n) is 2.59. The van der Waals surface area contributed by atoms with Gasteiger partial charge in [-0.25, -0.2) is 10.9 Å². The van der Waals surface area contributed by atoms with E-state index in [1.54, 1.807) is 76.2 Å². The molecule has 0 aromatic heterocycles. The Morgan fingerprint density at radius 1 is 0.758 bits per heavy atom. The molecular weight excluding hydrogens is 436 g/mol. The van der Waals surface area contributed by atoms with Crippen molar-refractivity contribution in [1.82, 2.24) is 10.9 Å². The summed E-state index contributed by atoms with van der Waals surface area (Å²) >= 11 is 1.19. The van der Waals surface area contributed by atoms with E-state index in [9.17, 15) is 9.59 Å². The molecule has 8 nitrogen and oxygen atoms in total. The third-order valence-electron chi connectivity index (χ3n) is 4.68. The summed E-state index contributed by atoms with van der Waals surface area (Å²) in [6.07, 6.45) is 0. The smallest absolute Gasteiger partial charge is 0.252 e. The van der Waals surface area contributed by atoms with Crippen LogP contribution in [0.1, 0.15) is 49.9 Å². The molecule has 0 saturated carbocycles. The number of hydrogen-bond acceptors (Lipinski definition) is 7. The maximum absolute atomic E-state index is 12.4. The normalized spacial score (nSPS) is 13.3. The van der Waals surface area contributed by atoms with Crippen molar-refractivity contribution in [3.8, 4) is 12.1 Å². The van der Waals surface area contributed by atoms with Crippen LogP contribution in [0.15, 0.2) is 58.7 Å². The van der Waals surface area contributed by atoms with E-state index in [0.717, 1.165) is 11.1 Å². The number of nitrogens with one attached hydrogen (secondary N) is 2. The summed E-state index contributed by atoms with van der Waals surface area (Å²) < 4.78 is 0. The average molecular weight is 461 g/mol. The number of benzene rings is 2. The summed E-state index contributed by atoms with van der Waals surface area (Å²) in [7, 11) is 0. The van der Waals surface area contributed by atoms with Crippen molar-refractivity contribution < 1.29 is 9.59 Å². The van der Waals surface area contributed by atoms with Crippen molar-refractivity contribution in [3.05, 3.63) is 70.8 Å². The molecule has 0 radical (unpaired) electrons. The number of amides is 2. The first-order valence-corrected chi connectivity index (χ1v) is 11.0. The molecular formula is C24H24N6O2S. The minimum atomic E-state index is -0.521. The molecule has 0 bridgehead atoms. The number of nitrogens with zero attached hydrogens (tertiary/aromatic N) is 4. The highest BCUT2D eigenvalue weighted by Gasteiger charge is 2.21. The van der Waals surface area contributed by atoms with Crippen molar-refractivity contribution in [3.63, 3.8) is 0 Å². The van der Waals surface area contributed by atoms with E-state index in [4.69, 9.17) is 10.5 Å². The van der Waals surface area contributed by atoms with Crippen LogP contribution in [0.3, 0.4) is 0 Å². The molecule has 33 heavy (non-hydrogen) atoms. The topological polar surface area (TPSA) is 130 Å². The molecule has 0 heterocycles. The van der Waals surface area contributed by atoms with E-state index >= 15 is 0 Å². The summed E-state index contributed by atoms with van der Waals surface area (Å²) in [5.41, 5.74) is 8.90. The minimum Gasteiger partial charge on any atom is -0.272 e. The Morgan fingerprint density at radius 3 is 1.39 bits per heavy atom. The molecule has 2 atom stereocenters. The van der Waals surface area contributed by atoms with Crippen LogP contribution in [0.5, 0.6) is 0 Å². The van der Waals surface area contributed by atoms with Crippen molar-refractivity contribution in [2.75, 3.05) is 0 Å². The lowest BCUT2D eigenvalue weighted by Gasteiger charge is -2.15. The minimum absolute atomic E-state index is 0.329. The first kappa shape index (κ1) is 25.3. The standard InChI is InChI=1S/C24H24N6O2S/c1-15(21-9-5-19(13-25)6-10-21)27-29-23(31)17(3)33-18(4)24(32)30-28-16(2)22-11-7-20(14-26)8-12-22/h5-12,17-18H,1-4H3,(H,29,31)(H,30,32)/b27-15-,28-16?. The maximum atomic E-state index is 12.4. The monoisotopic (exact) mass is 460 g/mol. The van der Waals surface area contributed by atoms with E-state index in [0.29, 0.717) is 22.6 Å². The largest absolute Gasteiger partial charge is 0.272 e. The van der Waals surface area contributed by atoms with Gasteiger partial charge in [0.1, 0.15) is 0 Å². The number of rotatable bonds is 8. The Bertz CT molecular complexity index is 1050. The van der Waals surface area contributed by atoms with Crippen molar-refractivity contribution in [1.29, 1.82) is 10.5 Å². The highest BCUT2D eigenvalue weighted by molar-refractivity contribution is 8.01. The zero-order valence-electron chi connectivity index (χ0n) is 18.8. The summed E-state index contributed by atoms with van der Waals surface area (Å²) in [4.78, 5) is 24.8. The van der Waals surface area contributed by atoms with Gasteiger partial charge >= 0.3 is 0 Å². The third kappa shape index (κ3) is 7.60. The van der Waals surface area contributed by atoms with Gasteiger partial charge in [-0.3, -0.25) is 9.59 Å². The second-order valence-corrected chi connectivity index (χ2v) is 8.83. The quantitative estimate of drug-likeness (QED) is 0.461. The van der Waals surface area contributed by atoms with Crippen molar-refractivity contribution >= 4 is 35.0 Å². The van der Waals surface area contributed by atoms with Crippen LogP contribution < -0.4 is 10.9 Å². The van der Waals surface area contributed by atoms with Crippen LogP contribution in [-0.2, 0) is 9.59 Å². The fraction of sp³-hybridized carbons (Fsp3) is 0.250. The van der Waals surface area contributed by atoms with Crippen molar-refractivity contribution in [2.24, 2.45) is 10.2 Å². The Kier molecular flexibility index (Phi) is 9.34. The second-order valence-electron chi connectivity index (χ2n) is 7.15. The number of nitriles is 2. The Hall–Kier alpha value is -3.95. The molecule has 2 aromatic rings. The zero-order chi connectivity index (χ0) is 24.4. The average Bonchev–Trinajstić information content (AvgIpc) is 2.85. The molecule has 2 rings (SSSR count). The molecule has 2 N–H and O–H groups in total. The Balaban J connectivity index is 1.87. The lowest BCUT2D eigenvalue weighted by atomic mass is 10.1. The molecule has 2 amide bonds. The summed E-state index contributed by atoms with van der Waals surface area (Å²) in [5, 5.41) is 24.9. The van der Waals surface area contributed by atoms with E-state index in [2.05, 4.69) is 21.1 Å². The van der Waals surface area contributed by atoms with Gasteiger partial charge in [0.2, 0.25) is 0 Å². The molecule has 2 aromatic carbocycles. The number of hydrogen-bond donors (Lipinski definition) is 2. The summed E-state index contributed by atoms with van der Waals surface area (Å²) in [6.45, 7) is 6.90. The van der Waals surface area contributed by atoms with Gasteiger partial charge in [0.05, 0.1) is 45.2 Å². The van der Waals surface area contributed by atoms with Crippen molar-refractivity contribution in [2.45, 2.75) is 38.2 Å². The molecule has 0 saturated heterocycles. The number of carbonyl (C=O) groups excluding carboxylic acids is 2. The first-order chi connectivity index (χ1) is 15.7. The van der Waals surface area contributed by atoms with Crippen LogP contribution in [0.25, 0.3) is 0 Å². The van der Waals surface area contributed by atoms with Gasteiger partial charge in [-0.2, -0.15) is 20.7 Å². The molecule has 0 aliphatic rings. The van der Waals surface area contributed by atoms with Crippen LogP contribution in [0.4, 0.5) is 0 Å². The Morgan fingerprint density at radius 2 is 1.09 bits per heavy atom. The molecule has 0 aliphatic heterocycles. The molecule has 0 fully saturated rings. The number of hydrazone groups is 2. The van der Waals surface area contributed by atoms with Gasteiger partial charge in [0.25, 0.3) is 11.8 Å². The number of thioether (sulfide) groups is 1. The number of carbonyl (C=O) groups is 2. The third-order valence-corrected chi connectivity index (χ3v) is 5.92. The van der Waals surface area contributed by atoms with Gasteiger partial charge in [0, 0.05) is 0 Å². The van der Waals surface area contributed by atoms with E-state index in [1.165, 1.54) is 11.8 Å². The predicted molar refractivity (Wildman–Crippen MR) is 130 cm³/mol. The van der Waals surface area contributed by atoms with Crippen LogP contribution in [0, 0.1) is 22.7 Å². The Labute approximate surface area is 197 Å². The van der Waals surface area contributed by atoms with Crippen LogP contribution >= 0.6 is 11.8 Å². The molecule has 0 aliphatic carbocycles. The highest BCUT2D eigenvalue weighted by Crippen LogP contribution is 2.18. The maximum Gasteiger partial charge on any atom is 0.252 e. The van der Waals surface area contributed by atoms with Crippen LogP contribution in [0.2, 0.25) is 0 Å². The molecule has 2 unspecified atom stereocenters.